The molecule has 44 heavy (non-hydrogen) atoms. The Hall–Kier alpha value is -3.00. The zero-order valence-corrected chi connectivity index (χ0v) is 26.9. The van der Waals surface area contributed by atoms with Crippen LogP contribution in [0.15, 0.2) is 80.5 Å². The van der Waals surface area contributed by atoms with Crippen LogP contribution >= 0.6 is 46.7 Å². The summed E-state index contributed by atoms with van der Waals surface area (Å²) in [5.41, 5.74) is 11.4. The summed E-state index contributed by atoms with van der Waals surface area (Å²) >= 11 is 14.9. The number of nitrogens with zero attached hydrogens (tertiary/aromatic N) is 4. The number of aliphatic hydroxyl groups is 2. The van der Waals surface area contributed by atoms with Crippen molar-refractivity contribution in [2.75, 3.05) is 22.1 Å². The van der Waals surface area contributed by atoms with Gasteiger partial charge in [0, 0.05) is 38.3 Å². The van der Waals surface area contributed by atoms with Crippen molar-refractivity contribution in [1.29, 1.82) is 0 Å². The highest BCUT2D eigenvalue weighted by Crippen LogP contribution is 2.36. The maximum atomic E-state index is 9.97. The second-order valence-corrected chi connectivity index (χ2v) is 13.7. The maximum absolute atomic E-state index is 9.97. The lowest BCUT2D eigenvalue weighted by molar-refractivity contribution is 0.171. The van der Waals surface area contributed by atoms with Gasteiger partial charge in [-0.2, -0.15) is 9.97 Å². The van der Waals surface area contributed by atoms with Crippen molar-refractivity contribution in [3.05, 3.63) is 71.0 Å². The van der Waals surface area contributed by atoms with Gasteiger partial charge in [0.05, 0.1) is 28.0 Å². The van der Waals surface area contributed by atoms with Gasteiger partial charge in [-0.1, -0.05) is 46.7 Å². The van der Waals surface area contributed by atoms with E-state index in [-0.39, 0.29) is 36.2 Å². The average Bonchev–Trinajstić information content (AvgIpc) is 3.61. The molecule has 4 aromatic rings. The summed E-state index contributed by atoms with van der Waals surface area (Å²) < 4.78 is 0. The number of rotatable bonds is 8. The van der Waals surface area contributed by atoms with E-state index in [2.05, 4.69) is 30.6 Å². The number of halogens is 2. The van der Waals surface area contributed by atoms with Gasteiger partial charge in [0.1, 0.15) is 11.6 Å². The van der Waals surface area contributed by atoms with Crippen molar-refractivity contribution in [3.8, 4) is 0 Å². The van der Waals surface area contributed by atoms with E-state index in [1.54, 1.807) is 24.2 Å². The molecule has 0 amide bonds. The normalized spacial score (nSPS) is 21.0. The molecule has 4 atom stereocenters. The van der Waals surface area contributed by atoms with Crippen LogP contribution in [0.4, 0.5) is 23.5 Å². The Bertz CT molecular complexity index is 1530. The second-order valence-electron chi connectivity index (χ2n) is 10.6. The van der Waals surface area contributed by atoms with Crippen LogP contribution in [-0.4, -0.2) is 54.4 Å². The molecule has 0 spiro atoms. The van der Waals surface area contributed by atoms with Gasteiger partial charge in [-0.15, -0.1) is 0 Å². The zero-order valence-electron chi connectivity index (χ0n) is 23.7. The highest BCUT2D eigenvalue weighted by atomic mass is 35.5. The van der Waals surface area contributed by atoms with Crippen molar-refractivity contribution in [3.63, 3.8) is 0 Å². The Labute approximate surface area is 274 Å². The Morgan fingerprint density at radius 2 is 1.23 bits per heavy atom. The van der Waals surface area contributed by atoms with Gasteiger partial charge in [0.25, 0.3) is 0 Å². The minimum atomic E-state index is -0.343. The molecule has 8 N–H and O–H groups in total. The predicted octanol–water partition coefficient (Wildman–Crippen LogP) is 6.38. The average molecular weight is 674 g/mol. The standard InChI is InChI=1S/2C15H17ClN4OS/c16-9-1-5-12(6-2-9)22-13-8-18-15(17)20-14(13)19-10-3-4-11(21)7-10;16-9-4-6-10(7-5-9)22-13-8-18-15(17)20-14(13)19-11-2-1-3-12(11)21/h1-2,5-6,8,10-11,21H,3-4,7H2,(H3,17,18,19,20);4-8,11-12,21H,1-3H2,(H3,17,18,19,20)/t10-,11-;11-,12-/m01/s1. The van der Waals surface area contributed by atoms with Gasteiger partial charge in [-0.05, 0) is 87.1 Å². The van der Waals surface area contributed by atoms with Gasteiger partial charge < -0.3 is 32.3 Å². The summed E-state index contributed by atoms with van der Waals surface area (Å²) in [5, 5.41) is 27.7. The van der Waals surface area contributed by atoms with E-state index in [1.165, 1.54) is 11.8 Å². The third-order valence-corrected chi connectivity index (χ3v) is 9.73. The molecule has 6 rings (SSSR count). The summed E-state index contributed by atoms with van der Waals surface area (Å²) in [6.45, 7) is 0. The highest BCUT2D eigenvalue weighted by molar-refractivity contribution is 7.99. The number of aromatic nitrogens is 4. The topological polar surface area (TPSA) is 168 Å². The van der Waals surface area contributed by atoms with Gasteiger partial charge in [-0.3, -0.25) is 0 Å². The van der Waals surface area contributed by atoms with Crippen molar-refractivity contribution in [2.24, 2.45) is 0 Å². The zero-order chi connectivity index (χ0) is 31.1. The van der Waals surface area contributed by atoms with E-state index in [0.717, 1.165) is 58.1 Å². The minimum Gasteiger partial charge on any atom is -0.393 e. The molecule has 0 radical (unpaired) electrons. The van der Waals surface area contributed by atoms with Crippen molar-refractivity contribution in [1.82, 2.24) is 19.9 Å². The van der Waals surface area contributed by atoms with Gasteiger partial charge in [0.2, 0.25) is 11.9 Å². The van der Waals surface area contributed by atoms with E-state index < -0.39 is 0 Å². The number of nitrogens with one attached hydrogen (secondary N) is 2. The van der Waals surface area contributed by atoms with E-state index >= 15 is 0 Å². The van der Waals surface area contributed by atoms with Crippen LogP contribution < -0.4 is 22.1 Å². The van der Waals surface area contributed by atoms with Gasteiger partial charge in [-0.25, -0.2) is 9.97 Å². The van der Waals surface area contributed by atoms with E-state index in [1.807, 2.05) is 48.5 Å². The third kappa shape index (κ3) is 9.26. The molecule has 2 heterocycles. The predicted molar refractivity (Wildman–Crippen MR) is 179 cm³/mol. The molecule has 10 nitrogen and oxygen atoms in total. The van der Waals surface area contributed by atoms with Crippen LogP contribution in [-0.2, 0) is 0 Å². The Morgan fingerprint density at radius 3 is 1.68 bits per heavy atom. The summed E-state index contributed by atoms with van der Waals surface area (Å²) in [6, 6.07) is 15.4. The Balaban J connectivity index is 0.000000175. The fraction of sp³-hybridized carbons (Fsp3) is 0.333. The minimum absolute atomic E-state index is 0.0128. The highest BCUT2D eigenvalue weighted by Gasteiger charge is 2.26. The number of nitrogen functional groups attached to an aromatic ring is 2. The number of hydrogen-bond acceptors (Lipinski definition) is 12. The molecule has 0 aliphatic heterocycles. The molecule has 2 aliphatic rings. The van der Waals surface area contributed by atoms with Gasteiger partial charge in [0.15, 0.2) is 0 Å². The molecule has 0 unspecified atom stereocenters. The molecule has 232 valence electrons. The molecule has 2 fully saturated rings. The SMILES string of the molecule is Nc1ncc(Sc2ccc(Cl)cc2)c(N[C@@H]2CCC[C@H]2O)n1.Nc1ncc(Sc2ccc(Cl)cc2)c(N[C@H]2CC[C@H](O)C2)n1. The quantitative estimate of drug-likeness (QED) is 0.122. The van der Waals surface area contributed by atoms with Crippen LogP contribution in [0.1, 0.15) is 38.5 Å². The lowest BCUT2D eigenvalue weighted by atomic mass is 10.2. The summed E-state index contributed by atoms with van der Waals surface area (Å²) in [6.07, 6.45) is 8.07. The molecule has 2 saturated carbocycles. The maximum Gasteiger partial charge on any atom is 0.221 e. The van der Waals surface area contributed by atoms with Crippen molar-refractivity contribution >= 4 is 70.3 Å². The number of hydrogen-bond donors (Lipinski definition) is 6. The number of benzene rings is 2. The third-order valence-electron chi connectivity index (χ3n) is 7.18. The lowest BCUT2D eigenvalue weighted by Gasteiger charge is -2.19. The molecule has 0 bridgehead atoms. The first-order valence-corrected chi connectivity index (χ1v) is 16.6. The van der Waals surface area contributed by atoms with Crippen LogP contribution in [0, 0.1) is 0 Å². The molecule has 2 aromatic carbocycles. The molecular formula is C30H34Cl2N8O2S2. The van der Waals surface area contributed by atoms with E-state index in [9.17, 15) is 10.2 Å². The fourth-order valence-electron chi connectivity index (χ4n) is 4.95. The number of anilines is 4. The Kier molecular flexibility index (Phi) is 11.3. The number of nitrogens with two attached hydrogens (primary N) is 2. The van der Waals surface area contributed by atoms with E-state index in [0.29, 0.717) is 21.7 Å². The largest absolute Gasteiger partial charge is 0.393 e. The summed E-state index contributed by atoms with van der Waals surface area (Å²) in [7, 11) is 0. The van der Waals surface area contributed by atoms with E-state index in [4.69, 9.17) is 34.7 Å². The number of aliphatic hydroxyl groups excluding tert-OH is 2. The first-order chi connectivity index (χ1) is 21.2. The molecule has 2 aliphatic carbocycles. The van der Waals surface area contributed by atoms with Crippen molar-refractivity contribution in [2.45, 2.75) is 82.4 Å². The van der Waals surface area contributed by atoms with Crippen molar-refractivity contribution < 1.29 is 10.2 Å². The van der Waals surface area contributed by atoms with Crippen LogP contribution in [0.2, 0.25) is 10.0 Å². The van der Waals surface area contributed by atoms with Crippen LogP contribution in [0.3, 0.4) is 0 Å². The summed E-state index contributed by atoms with van der Waals surface area (Å²) in [5.74, 6) is 1.84. The summed E-state index contributed by atoms with van der Waals surface area (Å²) in [4.78, 5) is 20.6. The molecule has 0 saturated heterocycles. The molecule has 2 aromatic heterocycles. The monoisotopic (exact) mass is 672 g/mol. The smallest absolute Gasteiger partial charge is 0.221 e. The second kappa shape index (κ2) is 15.3. The van der Waals surface area contributed by atoms with Crippen LogP contribution in [0.25, 0.3) is 0 Å². The molecular weight excluding hydrogens is 639 g/mol. The fourth-order valence-corrected chi connectivity index (χ4v) is 6.87. The first-order valence-electron chi connectivity index (χ1n) is 14.2. The first kappa shape index (κ1) is 32.4. The lowest BCUT2D eigenvalue weighted by Crippen LogP contribution is -2.28. The Morgan fingerprint density at radius 1 is 0.705 bits per heavy atom. The molecule has 14 heteroatoms. The van der Waals surface area contributed by atoms with Crippen LogP contribution in [0.5, 0.6) is 0 Å². The van der Waals surface area contributed by atoms with Gasteiger partial charge >= 0.3 is 0 Å².